The number of hydrogen-bond donors (Lipinski definition) is 2. The lowest BCUT2D eigenvalue weighted by atomic mass is 10.1. The Morgan fingerprint density at radius 1 is 1.16 bits per heavy atom. The number of anilines is 1. The van der Waals surface area contributed by atoms with Gasteiger partial charge in [0.2, 0.25) is 0 Å². The van der Waals surface area contributed by atoms with E-state index in [-0.39, 0.29) is 6.09 Å². The van der Waals surface area contributed by atoms with Crippen LogP contribution < -0.4 is 5.73 Å². The lowest BCUT2D eigenvalue weighted by molar-refractivity contribution is 0.0297. The summed E-state index contributed by atoms with van der Waals surface area (Å²) in [4.78, 5) is 34.5. The lowest BCUT2D eigenvalue weighted by Crippen LogP contribution is -2.34. The van der Waals surface area contributed by atoms with Gasteiger partial charge in [0.05, 0.1) is 5.52 Å². The molecule has 0 aliphatic rings. The minimum atomic E-state index is -0.511. The number of H-pyrrole nitrogens is 1. The molecule has 0 unspecified atom stereocenters. The first-order valence-corrected chi connectivity index (χ1v) is 10.5. The Labute approximate surface area is 186 Å². The maximum Gasteiger partial charge on any atom is 0.410 e. The molecule has 0 fully saturated rings. The monoisotopic (exact) mass is 433 g/mol. The molecule has 0 radical (unpaired) electrons. The average molecular weight is 434 g/mol. The molecule has 32 heavy (non-hydrogen) atoms. The number of amides is 1. The number of fused-ring (bicyclic) bond motifs is 3. The van der Waals surface area contributed by atoms with Gasteiger partial charge < -0.3 is 20.4 Å². The number of ether oxygens (including phenoxy) is 1. The van der Waals surface area contributed by atoms with Crippen LogP contribution in [0, 0.1) is 0 Å². The summed E-state index contributed by atoms with van der Waals surface area (Å²) in [5.74, 6) is 1.21. The number of benzene rings is 1. The molecule has 0 aliphatic carbocycles. The first-order chi connectivity index (χ1) is 15.2. The molecule has 3 N–H and O–H groups in total. The molecule has 0 aliphatic heterocycles. The first kappa shape index (κ1) is 21.5. The number of carbonyl (C=O) groups is 1. The number of pyridine rings is 1. The van der Waals surface area contributed by atoms with Gasteiger partial charge in [-0.05, 0) is 44.9 Å². The van der Waals surface area contributed by atoms with Gasteiger partial charge in [0.1, 0.15) is 34.6 Å². The summed E-state index contributed by atoms with van der Waals surface area (Å²) in [6, 6.07) is 5.96. The highest BCUT2D eigenvalue weighted by atomic mass is 16.6. The van der Waals surface area contributed by atoms with Crippen LogP contribution in [0.15, 0.2) is 36.9 Å². The maximum absolute atomic E-state index is 12.1. The van der Waals surface area contributed by atoms with Crippen LogP contribution in [-0.2, 0) is 11.2 Å². The van der Waals surface area contributed by atoms with Gasteiger partial charge in [-0.25, -0.2) is 24.7 Å². The van der Waals surface area contributed by atoms with E-state index >= 15 is 0 Å². The van der Waals surface area contributed by atoms with Crippen molar-refractivity contribution in [2.45, 2.75) is 39.2 Å². The minimum Gasteiger partial charge on any atom is -0.444 e. The van der Waals surface area contributed by atoms with E-state index in [0.29, 0.717) is 18.8 Å². The number of carbonyl (C=O) groups excluding carboxylic acids is 1. The van der Waals surface area contributed by atoms with Crippen LogP contribution in [0.1, 0.15) is 33.0 Å². The summed E-state index contributed by atoms with van der Waals surface area (Å²) in [6.07, 6.45) is 6.09. The number of hydrogen-bond acceptors (Lipinski definition) is 7. The van der Waals surface area contributed by atoms with Crippen LogP contribution in [0.2, 0.25) is 0 Å². The Morgan fingerprint density at radius 2 is 1.91 bits per heavy atom. The van der Waals surface area contributed by atoms with Gasteiger partial charge in [0, 0.05) is 43.4 Å². The predicted molar refractivity (Wildman–Crippen MR) is 124 cm³/mol. The van der Waals surface area contributed by atoms with E-state index in [9.17, 15) is 4.79 Å². The molecule has 0 atom stereocenters. The standard InChI is InChI=1S/C23H27N7O2/c1-23(2,3)32-22(31)30(4)9-5-6-18-28-19-16-8-7-14(15-11-25-13-26-12-15)10-17(16)27-21(24)20(19)29-18/h7-8,10-13H,5-6,9H2,1-4H3,(H2,24,27)(H,28,29). The highest BCUT2D eigenvalue weighted by Gasteiger charge is 2.19. The molecule has 1 amide bonds. The van der Waals surface area contributed by atoms with Crippen LogP contribution in [0.3, 0.4) is 0 Å². The summed E-state index contributed by atoms with van der Waals surface area (Å²) in [6.45, 7) is 6.12. The van der Waals surface area contributed by atoms with Gasteiger partial charge in [-0.15, -0.1) is 0 Å². The Kier molecular flexibility index (Phi) is 5.65. The number of nitrogens with one attached hydrogen (secondary N) is 1. The molecule has 3 heterocycles. The van der Waals surface area contributed by atoms with Crippen molar-refractivity contribution in [2.24, 2.45) is 0 Å². The number of aromatic amines is 1. The van der Waals surface area contributed by atoms with Gasteiger partial charge in [0.15, 0.2) is 0 Å². The maximum atomic E-state index is 12.1. The number of nitrogens with two attached hydrogens (primary N) is 1. The number of rotatable bonds is 5. The first-order valence-electron chi connectivity index (χ1n) is 10.5. The Hall–Kier alpha value is -3.75. The van der Waals surface area contributed by atoms with Crippen molar-refractivity contribution < 1.29 is 9.53 Å². The predicted octanol–water partition coefficient (Wildman–Crippen LogP) is 3.95. The molecule has 0 saturated carbocycles. The van der Waals surface area contributed by atoms with Crippen molar-refractivity contribution in [3.63, 3.8) is 0 Å². The van der Waals surface area contributed by atoms with Crippen LogP contribution in [0.4, 0.5) is 10.6 Å². The van der Waals surface area contributed by atoms with Gasteiger partial charge >= 0.3 is 6.09 Å². The third-order valence-electron chi connectivity index (χ3n) is 5.01. The van der Waals surface area contributed by atoms with Crippen molar-refractivity contribution in [1.82, 2.24) is 29.8 Å². The van der Waals surface area contributed by atoms with Crippen LogP contribution >= 0.6 is 0 Å². The zero-order valence-corrected chi connectivity index (χ0v) is 18.7. The van der Waals surface area contributed by atoms with E-state index < -0.39 is 5.60 Å². The van der Waals surface area contributed by atoms with Gasteiger partial charge in [0.25, 0.3) is 0 Å². The van der Waals surface area contributed by atoms with Gasteiger partial charge in [-0.3, -0.25) is 0 Å². The highest BCUT2D eigenvalue weighted by molar-refractivity contribution is 6.07. The molecule has 9 heteroatoms. The normalized spacial score (nSPS) is 11.8. The topological polar surface area (TPSA) is 123 Å². The van der Waals surface area contributed by atoms with Crippen LogP contribution in [0.5, 0.6) is 0 Å². The van der Waals surface area contributed by atoms with Gasteiger partial charge in [-0.1, -0.05) is 6.07 Å². The van der Waals surface area contributed by atoms with Crippen molar-refractivity contribution in [3.05, 3.63) is 42.7 Å². The molecule has 0 saturated heterocycles. The number of nitrogens with zero attached hydrogens (tertiary/aromatic N) is 5. The molecule has 0 bridgehead atoms. The van der Waals surface area contributed by atoms with Crippen molar-refractivity contribution in [1.29, 1.82) is 0 Å². The van der Waals surface area contributed by atoms with Crippen LogP contribution in [0.25, 0.3) is 33.1 Å². The van der Waals surface area contributed by atoms with Crippen molar-refractivity contribution in [3.8, 4) is 11.1 Å². The van der Waals surface area contributed by atoms with Crippen molar-refractivity contribution >= 4 is 33.8 Å². The van der Waals surface area contributed by atoms with Crippen molar-refractivity contribution in [2.75, 3.05) is 19.3 Å². The van der Waals surface area contributed by atoms with Crippen LogP contribution in [-0.4, -0.2) is 55.1 Å². The Morgan fingerprint density at radius 3 is 2.62 bits per heavy atom. The van der Waals surface area contributed by atoms with E-state index in [1.54, 1.807) is 24.3 Å². The fourth-order valence-electron chi connectivity index (χ4n) is 3.47. The zero-order valence-electron chi connectivity index (χ0n) is 18.7. The number of aryl methyl sites for hydroxylation is 1. The van der Waals surface area contributed by atoms with Gasteiger partial charge in [-0.2, -0.15) is 0 Å². The van der Waals surface area contributed by atoms with E-state index in [1.807, 2.05) is 39.0 Å². The summed E-state index contributed by atoms with van der Waals surface area (Å²) in [5.41, 5.74) is 9.86. The molecular weight excluding hydrogens is 406 g/mol. The fourth-order valence-corrected chi connectivity index (χ4v) is 3.47. The zero-order chi connectivity index (χ0) is 22.9. The van der Waals surface area contributed by atoms with E-state index in [1.165, 1.54) is 6.33 Å². The summed E-state index contributed by atoms with van der Waals surface area (Å²) < 4.78 is 5.39. The molecular formula is C23H27N7O2. The molecule has 4 aromatic rings. The van der Waals surface area contributed by atoms with E-state index in [2.05, 4.69) is 19.9 Å². The highest BCUT2D eigenvalue weighted by Crippen LogP contribution is 2.29. The number of aromatic nitrogens is 5. The average Bonchev–Trinajstić information content (AvgIpc) is 3.18. The molecule has 166 valence electrons. The Balaban J connectivity index is 1.53. The summed E-state index contributed by atoms with van der Waals surface area (Å²) >= 11 is 0. The second kappa shape index (κ2) is 8.41. The Bertz CT molecular complexity index is 1260. The quantitative estimate of drug-likeness (QED) is 0.488. The molecule has 1 aromatic carbocycles. The molecule has 3 aromatic heterocycles. The molecule has 9 nitrogen and oxygen atoms in total. The number of imidazole rings is 1. The summed E-state index contributed by atoms with van der Waals surface area (Å²) in [7, 11) is 1.73. The lowest BCUT2D eigenvalue weighted by Gasteiger charge is -2.24. The largest absolute Gasteiger partial charge is 0.444 e. The molecule has 0 spiro atoms. The SMILES string of the molecule is CN(CCCc1nc2c([nH]1)c(N)nc1cc(-c3cncnc3)ccc12)C(=O)OC(C)(C)C. The third-order valence-corrected chi connectivity index (χ3v) is 5.01. The number of nitrogen functional groups attached to an aromatic ring is 1. The van der Waals surface area contributed by atoms with E-state index in [4.69, 9.17) is 15.5 Å². The smallest absolute Gasteiger partial charge is 0.410 e. The minimum absolute atomic E-state index is 0.332. The summed E-state index contributed by atoms with van der Waals surface area (Å²) in [5, 5.41) is 0.920. The third kappa shape index (κ3) is 4.61. The second-order valence-corrected chi connectivity index (χ2v) is 8.77. The van der Waals surface area contributed by atoms with E-state index in [0.717, 1.165) is 45.3 Å². The second-order valence-electron chi connectivity index (χ2n) is 8.77. The molecule has 4 rings (SSSR count). The fraction of sp³-hybridized carbons (Fsp3) is 0.348.